The van der Waals surface area contributed by atoms with Gasteiger partial charge in [-0.2, -0.15) is 0 Å². The Labute approximate surface area is 182 Å². The van der Waals surface area contributed by atoms with Gasteiger partial charge in [-0.15, -0.1) is 0 Å². The van der Waals surface area contributed by atoms with Gasteiger partial charge in [0.15, 0.2) is 5.82 Å². The number of nitrogens with two attached hydrogens (primary N) is 1. The Morgan fingerprint density at radius 3 is 2.65 bits per heavy atom. The maximum atomic E-state index is 14.8. The van der Waals surface area contributed by atoms with Gasteiger partial charge in [0.2, 0.25) is 5.91 Å². The van der Waals surface area contributed by atoms with Gasteiger partial charge in [0.25, 0.3) is 5.56 Å². The zero-order valence-electron chi connectivity index (χ0n) is 16.8. The van der Waals surface area contributed by atoms with E-state index in [0.717, 1.165) is 0 Å². The summed E-state index contributed by atoms with van der Waals surface area (Å²) >= 11 is 5.92. The summed E-state index contributed by atoms with van der Waals surface area (Å²) in [6, 6.07) is 4.52. The second-order valence-corrected chi connectivity index (χ2v) is 7.61. The fourth-order valence-electron chi connectivity index (χ4n) is 3.81. The van der Waals surface area contributed by atoms with E-state index in [0.29, 0.717) is 43.1 Å². The van der Waals surface area contributed by atoms with Gasteiger partial charge in [0.05, 0.1) is 16.1 Å². The molecule has 1 aliphatic rings. The number of carbonyl (C=O) groups is 1. The Hall–Kier alpha value is -3.46. The molecule has 3 heterocycles. The summed E-state index contributed by atoms with van der Waals surface area (Å²) < 4.78 is 15.9. The summed E-state index contributed by atoms with van der Waals surface area (Å²) in [7, 11) is 0. The summed E-state index contributed by atoms with van der Waals surface area (Å²) in [5.74, 6) is -0.307. The van der Waals surface area contributed by atoms with Crippen LogP contribution in [0.2, 0.25) is 5.02 Å². The van der Waals surface area contributed by atoms with Gasteiger partial charge >= 0.3 is 0 Å². The average Bonchev–Trinajstić information content (AvgIpc) is 2.78. The molecule has 2 N–H and O–H groups in total. The van der Waals surface area contributed by atoms with Gasteiger partial charge in [-0.05, 0) is 31.2 Å². The number of nitrogen functional groups attached to an aromatic ring is 1. The molecule has 3 aromatic rings. The smallest absolute Gasteiger partial charge is 0.282 e. The number of fused-ring (bicyclic) bond motifs is 1. The van der Waals surface area contributed by atoms with Crippen molar-refractivity contribution in [1.29, 1.82) is 0 Å². The summed E-state index contributed by atoms with van der Waals surface area (Å²) in [6.45, 7) is 7.31. The Morgan fingerprint density at radius 2 is 1.97 bits per heavy atom. The largest absolute Gasteiger partial charge is 0.397 e. The maximum Gasteiger partial charge on any atom is 0.282 e. The van der Waals surface area contributed by atoms with Crippen LogP contribution in [0.3, 0.4) is 0 Å². The molecule has 1 saturated heterocycles. The van der Waals surface area contributed by atoms with E-state index in [1.165, 1.54) is 29.1 Å². The van der Waals surface area contributed by atoms with Crippen LogP contribution in [-0.4, -0.2) is 51.5 Å². The first kappa shape index (κ1) is 20.8. The van der Waals surface area contributed by atoms with Crippen LogP contribution in [-0.2, 0) is 4.79 Å². The van der Waals surface area contributed by atoms with Gasteiger partial charge in [-0.3, -0.25) is 14.2 Å². The number of pyridine rings is 1. The Balaban J connectivity index is 1.82. The number of amides is 1. The molecule has 0 radical (unpaired) electrons. The third kappa shape index (κ3) is 3.50. The molecule has 8 nitrogen and oxygen atoms in total. The summed E-state index contributed by atoms with van der Waals surface area (Å²) in [5, 5.41) is 0.414. The second kappa shape index (κ2) is 7.99. The van der Waals surface area contributed by atoms with Gasteiger partial charge < -0.3 is 15.5 Å². The second-order valence-electron chi connectivity index (χ2n) is 7.20. The van der Waals surface area contributed by atoms with Gasteiger partial charge in [-0.25, -0.2) is 14.4 Å². The maximum absolute atomic E-state index is 14.8. The number of carbonyl (C=O) groups excluding carboxylic acids is 1. The number of halogens is 2. The lowest BCUT2D eigenvalue weighted by Gasteiger charge is -2.35. The molecule has 0 atom stereocenters. The minimum Gasteiger partial charge on any atom is -0.397 e. The molecule has 4 rings (SSSR count). The summed E-state index contributed by atoms with van der Waals surface area (Å²) in [5.41, 5.74) is 6.02. The molecule has 1 aromatic carbocycles. The van der Waals surface area contributed by atoms with Crippen LogP contribution in [0, 0.1) is 12.7 Å². The van der Waals surface area contributed by atoms with E-state index in [-0.39, 0.29) is 27.8 Å². The van der Waals surface area contributed by atoms with Crippen molar-refractivity contribution < 1.29 is 9.18 Å². The first-order chi connectivity index (χ1) is 14.8. The van der Waals surface area contributed by atoms with E-state index >= 15 is 0 Å². The van der Waals surface area contributed by atoms with Crippen molar-refractivity contribution >= 4 is 39.9 Å². The van der Waals surface area contributed by atoms with Crippen molar-refractivity contribution in [3.63, 3.8) is 0 Å². The zero-order chi connectivity index (χ0) is 22.3. The Morgan fingerprint density at radius 1 is 1.26 bits per heavy atom. The van der Waals surface area contributed by atoms with Crippen LogP contribution in [0.4, 0.5) is 15.9 Å². The molecule has 31 heavy (non-hydrogen) atoms. The monoisotopic (exact) mass is 442 g/mol. The quantitative estimate of drug-likeness (QED) is 0.493. The number of rotatable bonds is 3. The molecule has 1 amide bonds. The number of aryl methyl sites for hydroxylation is 1. The van der Waals surface area contributed by atoms with Gasteiger partial charge in [0, 0.05) is 31.9 Å². The molecule has 0 saturated carbocycles. The van der Waals surface area contributed by atoms with Crippen LogP contribution in [0.1, 0.15) is 5.69 Å². The van der Waals surface area contributed by atoms with Crippen molar-refractivity contribution in [3.8, 4) is 5.69 Å². The lowest BCUT2D eigenvalue weighted by molar-refractivity contribution is -0.126. The Kier molecular flexibility index (Phi) is 5.36. The number of benzene rings is 1. The molecule has 0 spiro atoms. The molecule has 0 unspecified atom stereocenters. The predicted octanol–water partition coefficient (Wildman–Crippen LogP) is 2.30. The van der Waals surface area contributed by atoms with E-state index < -0.39 is 11.4 Å². The number of anilines is 2. The van der Waals surface area contributed by atoms with E-state index in [4.69, 9.17) is 17.3 Å². The van der Waals surface area contributed by atoms with E-state index in [1.807, 2.05) is 4.90 Å². The third-order valence-corrected chi connectivity index (χ3v) is 5.66. The highest BCUT2D eigenvalue weighted by Crippen LogP contribution is 2.29. The Bertz CT molecular complexity index is 1270. The SMILES string of the molecule is C=CC(=O)N1CCN(c2ncnc3c(=O)n(-c4c(N)ccc(Cl)c4F)c(C)cc23)CC1. The topological polar surface area (TPSA) is 97.4 Å². The van der Waals surface area contributed by atoms with Crippen LogP contribution in [0.5, 0.6) is 0 Å². The third-order valence-electron chi connectivity index (χ3n) is 5.36. The van der Waals surface area contributed by atoms with Crippen molar-refractivity contribution in [2.24, 2.45) is 0 Å². The summed E-state index contributed by atoms with van der Waals surface area (Å²) in [6.07, 6.45) is 2.60. The van der Waals surface area contributed by atoms with Crippen LogP contribution in [0.25, 0.3) is 16.6 Å². The van der Waals surface area contributed by atoms with Gasteiger partial charge in [-0.1, -0.05) is 18.2 Å². The van der Waals surface area contributed by atoms with Crippen molar-refractivity contribution in [1.82, 2.24) is 19.4 Å². The molecule has 1 fully saturated rings. The first-order valence-corrected chi connectivity index (χ1v) is 9.98. The van der Waals surface area contributed by atoms with Crippen LogP contribution >= 0.6 is 11.6 Å². The molecule has 1 aliphatic heterocycles. The molecule has 10 heteroatoms. The standard InChI is InChI=1S/C21H20ClFN6O2/c1-3-16(30)27-6-8-28(9-7-27)20-13-10-12(2)29(21(31)18(13)25-11-26-20)19-15(24)5-4-14(22)17(19)23/h3-5,10-11H,1,6-9,24H2,2H3. The highest BCUT2D eigenvalue weighted by Gasteiger charge is 2.24. The van der Waals surface area contributed by atoms with Crippen LogP contribution < -0.4 is 16.2 Å². The fraction of sp³-hybridized carbons (Fsp3) is 0.238. The van der Waals surface area contributed by atoms with Crippen molar-refractivity contribution in [3.05, 3.63) is 64.1 Å². The zero-order valence-corrected chi connectivity index (χ0v) is 17.6. The van der Waals surface area contributed by atoms with Crippen LogP contribution in [0.15, 0.2) is 42.0 Å². The highest BCUT2D eigenvalue weighted by atomic mass is 35.5. The van der Waals surface area contributed by atoms with E-state index in [2.05, 4.69) is 16.5 Å². The van der Waals surface area contributed by atoms with E-state index in [9.17, 15) is 14.0 Å². The molecule has 160 valence electrons. The molecule has 0 bridgehead atoms. The van der Waals surface area contributed by atoms with Crippen molar-refractivity contribution in [2.45, 2.75) is 6.92 Å². The lowest BCUT2D eigenvalue weighted by Crippen LogP contribution is -2.48. The number of piperazine rings is 1. The predicted molar refractivity (Wildman–Crippen MR) is 118 cm³/mol. The fourth-order valence-corrected chi connectivity index (χ4v) is 3.96. The molecule has 0 aliphatic carbocycles. The highest BCUT2D eigenvalue weighted by molar-refractivity contribution is 6.31. The lowest BCUT2D eigenvalue weighted by atomic mass is 10.1. The summed E-state index contributed by atoms with van der Waals surface area (Å²) in [4.78, 5) is 37.4. The minimum absolute atomic E-state index is 0.0868. The number of hydrogen-bond donors (Lipinski definition) is 1. The van der Waals surface area contributed by atoms with Crippen molar-refractivity contribution in [2.75, 3.05) is 36.8 Å². The molecular formula is C21H20ClFN6O2. The number of aromatic nitrogens is 3. The minimum atomic E-state index is -0.775. The molecular weight excluding hydrogens is 423 g/mol. The number of nitrogens with zero attached hydrogens (tertiary/aromatic N) is 5. The molecule has 2 aromatic heterocycles. The normalized spacial score (nSPS) is 14.2. The van der Waals surface area contributed by atoms with Gasteiger partial charge in [0.1, 0.15) is 23.3 Å². The average molecular weight is 443 g/mol. The first-order valence-electron chi connectivity index (χ1n) is 9.61. The number of hydrogen-bond acceptors (Lipinski definition) is 6. The van der Waals surface area contributed by atoms with E-state index in [1.54, 1.807) is 17.9 Å².